The molecule has 3 aromatic heterocycles. The van der Waals surface area contributed by atoms with Crippen molar-refractivity contribution in [2.24, 2.45) is 7.05 Å². The van der Waals surface area contributed by atoms with Crippen LogP contribution in [-0.4, -0.2) is 28.5 Å². The van der Waals surface area contributed by atoms with Crippen LogP contribution in [0.1, 0.15) is 11.4 Å². The third-order valence-electron chi connectivity index (χ3n) is 4.03. The number of hydrogen-bond donors (Lipinski definition) is 0. The summed E-state index contributed by atoms with van der Waals surface area (Å²) in [7, 11) is 1.60. The largest absolute Gasteiger partial charge is 0.332 e. The molecule has 0 fully saturated rings. The Labute approximate surface area is 144 Å². The third-order valence-corrected chi connectivity index (χ3v) is 4.03. The molecule has 3 aromatic rings. The van der Waals surface area contributed by atoms with Gasteiger partial charge in [-0.05, 0) is 19.9 Å². The number of hydrogen-bond acceptors (Lipinski definition) is 4. The topological polar surface area (TPSA) is 79.6 Å². The predicted molar refractivity (Wildman–Crippen MR) is 96.2 cm³/mol. The zero-order valence-corrected chi connectivity index (χ0v) is 14.6. The highest BCUT2D eigenvalue weighted by atomic mass is 16.2. The fourth-order valence-electron chi connectivity index (χ4n) is 2.95. The Bertz CT molecular complexity index is 1110. The molecule has 0 atom stereocenters. The number of rotatable bonds is 5. The second kappa shape index (κ2) is 6.04. The molecule has 0 saturated heterocycles. The van der Waals surface area contributed by atoms with E-state index in [1.54, 1.807) is 22.4 Å². The van der Waals surface area contributed by atoms with Crippen LogP contribution in [0.5, 0.6) is 0 Å². The Morgan fingerprint density at radius 1 is 1.12 bits per heavy atom. The Morgan fingerprint density at radius 2 is 1.76 bits per heavy atom. The molecule has 0 unspecified atom stereocenters. The molecule has 8 heteroatoms. The minimum Gasteiger partial charge on any atom is -0.299 e. The van der Waals surface area contributed by atoms with E-state index in [-0.39, 0.29) is 6.54 Å². The highest BCUT2D eigenvalue weighted by Gasteiger charge is 2.21. The van der Waals surface area contributed by atoms with Crippen LogP contribution in [0.15, 0.2) is 41.0 Å². The number of fused-ring (bicyclic) bond motifs is 1. The first-order valence-corrected chi connectivity index (χ1v) is 7.86. The molecule has 0 bridgehead atoms. The van der Waals surface area contributed by atoms with E-state index >= 15 is 0 Å². The minimum atomic E-state index is -0.430. The molecule has 0 aliphatic carbocycles. The van der Waals surface area contributed by atoms with Gasteiger partial charge in [0, 0.05) is 25.8 Å². The van der Waals surface area contributed by atoms with E-state index < -0.39 is 11.2 Å². The second-order valence-electron chi connectivity index (χ2n) is 5.87. The lowest BCUT2D eigenvalue weighted by atomic mass is 10.4. The van der Waals surface area contributed by atoms with Crippen LogP contribution in [0.2, 0.25) is 0 Å². The van der Waals surface area contributed by atoms with Crippen molar-refractivity contribution in [2.45, 2.75) is 26.9 Å². The summed E-state index contributed by atoms with van der Waals surface area (Å²) < 4.78 is 5.90. The molecule has 0 aliphatic heterocycles. The van der Waals surface area contributed by atoms with Crippen molar-refractivity contribution in [1.29, 1.82) is 0 Å². The van der Waals surface area contributed by atoms with Crippen molar-refractivity contribution < 1.29 is 0 Å². The molecule has 0 aliphatic rings. The smallest absolute Gasteiger partial charge is 0.299 e. The van der Waals surface area contributed by atoms with E-state index in [0.29, 0.717) is 23.7 Å². The molecular formula is C17H20N6O2. The number of allylic oxidation sites excluding steroid dienone is 2. The van der Waals surface area contributed by atoms with Crippen LogP contribution in [0, 0.1) is 13.8 Å². The van der Waals surface area contributed by atoms with Crippen molar-refractivity contribution in [2.75, 3.05) is 0 Å². The summed E-state index contributed by atoms with van der Waals surface area (Å²) in [5.74, 6) is 0.476. The van der Waals surface area contributed by atoms with Crippen molar-refractivity contribution in [3.8, 4) is 5.95 Å². The maximum atomic E-state index is 12.9. The lowest BCUT2D eigenvalue weighted by Gasteiger charge is -2.08. The van der Waals surface area contributed by atoms with Gasteiger partial charge in [0.1, 0.15) is 0 Å². The number of nitrogens with zero attached hydrogens (tertiary/aromatic N) is 6. The normalized spacial score (nSPS) is 11.2. The summed E-state index contributed by atoms with van der Waals surface area (Å²) in [6, 6.07) is 1.92. The van der Waals surface area contributed by atoms with Gasteiger partial charge in [-0.25, -0.2) is 9.48 Å². The molecule has 130 valence electrons. The van der Waals surface area contributed by atoms with Gasteiger partial charge in [-0.1, -0.05) is 12.2 Å². The van der Waals surface area contributed by atoms with Crippen LogP contribution in [0.4, 0.5) is 0 Å². The number of aryl methyl sites for hydroxylation is 3. The van der Waals surface area contributed by atoms with Gasteiger partial charge in [-0.3, -0.25) is 18.5 Å². The first-order valence-electron chi connectivity index (χ1n) is 7.86. The Balaban J connectivity index is 2.49. The van der Waals surface area contributed by atoms with Gasteiger partial charge in [0.25, 0.3) is 5.56 Å². The molecule has 0 N–H and O–H groups in total. The van der Waals surface area contributed by atoms with Crippen LogP contribution < -0.4 is 11.2 Å². The van der Waals surface area contributed by atoms with E-state index in [9.17, 15) is 9.59 Å². The SMILES string of the molecule is C=CCn1c(=O)c2c(nc(-n3nc(C)cc3C)n2CC=C)n(C)c1=O. The van der Waals surface area contributed by atoms with Crippen LogP contribution in [0.3, 0.4) is 0 Å². The highest BCUT2D eigenvalue weighted by molar-refractivity contribution is 5.72. The summed E-state index contributed by atoms with van der Waals surface area (Å²) in [5.41, 5.74) is 1.55. The van der Waals surface area contributed by atoms with Gasteiger partial charge < -0.3 is 0 Å². The summed E-state index contributed by atoms with van der Waals surface area (Å²) in [6.07, 6.45) is 3.20. The first kappa shape index (κ1) is 16.7. The fourth-order valence-corrected chi connectivity index (χ4v) is 2.95. The lowest BCUT2D eigenvalue weighted by molar-refractivity contribution is 0.663. The van der Waals surface area contributed by atoms with Gasteiger partial charge in [0.05, 0.1) is 5.69 Å². The van der Waals surface area contributed by atoms with E-state index in [1.807, 2.05) is 19.9 Å². The van der Waals surface area contributed by atoms with E-state index in [1.165, 1.54) is 10.6 Å². The van der Waals surface area contributed by atoms with Crippen molar-refractivity contribution in [3.05, 3.63) is 63.6 Å². The molecule has 8 nitrogen and oxygen atoms in total. The molecule has 25 heavy (non-hydrogen) atoms. The molecule has 0 amide bonds. The average molecular weight is 340 g/mol. The van der Waals surface area contributed by atoms with E-state index in [0.717, 1.165) is 16.0 Å². The minimum absolute atomic E-state index is 0.135. The van der Waals surface area contributed by atoms with Gasteiger partial charge in [0.15, 0.2) is 11.2 Å². The van der Waals surface area contributed by atoms with Crippen LogP contribution in [-0.2, 0) is 20.1 Å². The number of imidazole rings is 1. The Morgan fingerprint density at radius 3 is 2.32 bits per heavy atom. The fraction of sp³-hybridized carbons (Fsp3) is 0.294. The Hall–Kier alpha value is -3.16. The molecule has 3 heterocycles. The van der Waals surface area contributed by atoms with Crippen LogP contribution in [0.25, 0.3) is 17.1 Å². The molecular weight excluding hydrogens is 320 g/mol. The molecule has 3 rings (SSSR count). The second-order valence-corrected chi connectivity index (χ2v) is 5.87. The Kier molecular flexibility index (Phi) is 4.03. The maximum Gasteiger partial charge on any atom is 0.332 e. The standard InChI is InChI=1S/C17H20N6O2/c1-6-8-21-13-14(18-16(21)23-12(4)10-11(3)19-23)20(5)17(25)22(9-7-2)15(13)24/h6-7,10H,1-2,8-9H2,3-5H3. The zero-order valence-electron chi connectivity index (χ0n) is 14.6. The zero-order chi connectivity index (χ0) is 18.3. The highest BCUT2D eigenvalue weighted by Crippen LogP contribution is 2.17. The van der Waals surface area contributed by atoms with Gasteiger partial charge >= 0.3 is 5.69 Å². The third kappa shape index (κ3) is 2.46. The average Bonchev–Trinajstić information content (AvgIpc) is 3.10. The molecule has 0 radical (unpaired) electrons. The lowest BCUT2D eigenvalue weighted by Crippen LogP contribution is -2.39. The molecule has 0 aromatic carbocycles. The molecule has 0 saturated carbocycles. The molecule has 0 spiro atoms. The van der Waals surface area contributed by atoms with Gasteiger partial charge in [0.2, 0.25) is 5.95 Å². The summed E-state index contributed by atoms with van der Waals surface area (Å²) >= 11 is 0. The first-order chi connectivity index (χ1) is 11.9. The van der Waals surface area contributed by atoms with Gasteiger partial charge in [-0.2, -0.15) is 10.1 Å². The monoisotopic (exact) mass is 340 g/mol. The van der Waals surface area contributed by atoms with Gasteiger partial charge in [-0.15, -0.1) is 13.2 Å². The van der Waals surface area contributed by atoms with E-state index in [4.69, 9.17) is 0 Å². The van der Waals surface area contributed by atoms with Crippen molar-refractivity contribution in [3.63, 3.8) is 0 Å². The van der Waals surface area contributed by atoms with E-state index in [2.05, 4.69) is 23.2 Å². The summed E-state index contributed by atoms with van der Waals surface area (Å²) in [5, 5.41) is 4.45. The summed E-state index contributed by atoms with van der Waals surface area (Å²) in [6.45, 7) is 11.7. The number of aromatic nitrogens is 6. The van der Waals surface area contributed by atoms with Crippen molar-refractivity contribution >= 4 is 11.2 Å². The van der Waals surface area contributed by atoms with Crippen molar-refractivity contribution in [1.82, 2.24) is 28.5 Å². The maximum absolute atomic E-state index is 12.9. The van der Waals surface area contributed by atoms with Crippen LogP contribution >= 0.6 is 0 Å². The predicted octanol–water partition coefficient (Wildman–Crippen LogP) is 1.07. The summed E-state index contributed by atoms with van der Waals surface area (Å²) in [4.78, 5) is 29.9. The quantitative estimate of drug-likeness (QED) is 0.651.